The highest BCUT2D eigenvalue weighted by atomic mass is 16.3. The van der Waals surface area contributed by atoms with Crippen molar-refractivity contribution in [2.24, 2.45) is 0 Å². The molecule has 5 nitrogen and oxygen atoms in total. The van der Waals surface area contributed by atoms with Crippen LogP contribution in [0, 0.1) is 0 Å². The summed E-state index contributed by atoms with van der Waals surface area (Å²) in [4.78, 5) is 10.5. The minimum absolute atomic E-state index is 0.0611. The van der Waals surface area contributed by atoms with Crippen LogP contribution in [0.4, 0.5) is 0 Å². The number of aliphatic hydroxyl groups excluding tert-OH is 2. The predicted octanol–water partition coefficient (Wildman–Crippen LogP) is 0.0959. The molecule has 0 aliphatic carbocycles. The summed E-state index contributed by atoms with van der Waals surface area (Å²) in [7, 11) is 1.76. The molecule has 1 rings (SSSR count). The molecule has 0 aliphatic heterocycles. The topological polar surface area (TPSA) is 82.7 Å². The summed E-state index contributed by atoms with van der Waals surface area (Å²) >= 11 is 0. The number of furan rings is 1. The summed E-state index contributed by atoms with van der Waals surface area (Å²) in [5, 5.41) is 22.2. The minimum Gasteiger partial charge on any atom is -0.461 e. The molecule has 0 aliphatic rings. The Morgan fingerprint density at radius 1 is 1.60 bits per heavy atom. The van der Waals surface area contributed by atoms with E-state index in [-0.39, 0.29) is 5.76 Å². The number of carbonyl (C=O) groups is 1. The van der Waals surface area contributed by atoms with Gasteiger partial charge in [0, 0.05) is 5.56 Å². The molecule has 84 valence electrons. The SMILES string of the molecule is CNCCC(O)C(O)c1ccoc1C=O. The lowest BCUT2D eigenvalue weighted by molar-refractivity contribution is 0.0133. The average Bonchev–Trinajstić information content (AvgIpc) is 2.72. The Kier molecular flexibility index (Phi) is 4.48. The maximum Gasteiger partial charge on any atom is 0.185 e. The lowest BCUT2D eigenvalue weighted by Crippen LogP contribution is -2.23. The van der Waals surface area contributed by atoms with Gasteiger partial charge in [-0.2, -0.15) is 0 Å². The van der Waals surface area contributed by atoms with Gasteiger partial charge in [0.05, 0.1) is 12.4 Å². The number of aldehydes is 1. The van der Waals surface area contributed by atoms with Gasteiger partial charge in [-0.25, -0.2) is 0 Å². The molecule has 0 amide bonds. The van der Waals surface area contributed by atoms with Gasteiger partial charge in [0.15, 0.2) is 12.0 Å². The third-order valence-corrected chi connectivity index (χ3v) is 2.21. The van der Waals surface area contributed by atoms with E-state index < -0.39 is 12.2 Å². The second kappa shape index (κ2) is 5.65. The zero-order valence-electron chi connectivity index (χ0n) is 8.51. The van der Waals surface area contributed by atoms with Crippen LogP contribution >= 0.6 is 0 Å². The number of carbonyl (C=O) groups excluding carboxylic acids is 1. The largest absolute Gasteiger partial charge is 0.461 e. The highest BCUT2D eigenvalue weighted by molar-refractivity contribution is 5.73. The number of nitrogens with one attached hydrogen (secondary N) is 1. The Bertz CT molecular complexity index is 310. The standard InChI is InChI=1S/C10H15NO4/c1-11-4-2-8(13)10(14)7-3-5-15-9(7)6-12/h3,5-6,8,10-11,13-14H,2,4H2,1H3. The average molecular weight is 213 g/mol. The van der Waals surface area contributed by atoms with Crippen LogP contribution in [0.2, 0.25) is 0 Å². The normalized spacial score (nSPS) is 14.9. The smallest absolute Gasteiger partial charge is 0.185 e. The first kappa shape index (κ1) is 11.9. The molecule has 0 saturated carbocycles. The fourth-order valence-corrected chi connectivity index (χ4v) is 1.33. The monoisotopic (exact) mass is 213 g/mol. The highest BCUT2D eigenvalue weighted by Crippen LogP contribution is 2.22. The van der Waals surface area contributed by atoms with Gasteiger partial charge in [-0.3, -0.25) is 4.79 Å². The molecule has 3 N–H and O–H groups in total. The summed E-state index contributed by atoms with van der Waals surface area (Å²) in [6, 6.07) is 1.48. The molecular formula is C10H15NO4. The third kappa shape index (κ3) is 2.89. The van der Waals surface area contributed by atoms with Crippen LogP contribution in [-0.2, 0) is 0 Å². The molecular weight excluding hydrogens is 198 g/mol. The molecule has 0 radical (unpaired) electrons. The summed E-state index contributed by atoms with van der Waals surface area (Å²) in [6.07, 6.45) is 0.239. The second-order valence-electron chi connectivity index (χ2n) is 3.26. The molecule has 0 saturated heterocycles. The molecule has 0 aromatic carbocycles. The van der Waals surface area contributed by atoms with Gasteiger partial charge < -0.3 is 19.9 Å². The van der Waals surface area contributed by atoms with Crippen LogP contribution in [0.1, 0.15) is 28.6 Å². The molecule has 1 heterocycles. The Hall–Kier alpha value is -1.17. The van der Waals surface area contributed by atoms with Crippen molar-refractivity contribution in [2.45, 2.75) is 18.6 Å². The van der Waals surface area contributed by atoms with Gasteiger partial charge in [0.25, 0.3) is 0 Å². The number of rotatable bonds is 6. The second-order valence-corrected chi connectivity index (χ2v) is 3.26. The molecule has 1 aromatic rings. The fourth-order valence-electron chi connectivity index (χ4n) is 1.33. The summed E-state index contributed by atoms with van der Waals surface area (Å²) in [6.45, 7) is 0.590. The van der Waals surface area contributed by atoms with Gasteiger partial charge in [-0.05, 0) is 26.1 Å². The minimum atomic E-state index is -1.09. The molecule has 15 heavy (non-hydrogen) atoms. The fraction of sp³-hybridized carbons (Fsp3) is 0.500. The maximum atomic E-state index is 10.5. The van der Waals surface area contributed by atoms with E-state index >= 15 is 0 Å². The van der Waals surface area contributed by atoms with Gasteiger partial charge >= 0.3 is 0 Å². The van der Waals surface area contributed by atoms with Gasteiger partial charge in [0.1, 0.15) is 6.10 Å². The van der Waals surface area contributed by atoms with Crippen molar-refractivity contribution in [1.82, 2.24) is 5.32 Å². The maximum absolute atomic E-state index is 10.5. The lowest BCUT2D eigenvalue weighted by Gasteiger charge is -2.16. The number of hydrogen-bond acceptors (Lipinski definition) is 5. The summed E-state index contributed by atoms with van der Waals surface area (Å²) in [5.74, 6) is 0.0611. The van der Waals surface area contributed by atoms with E-state index in [2.05, 4.69) is 5.32 Å². The zero-order chi connectivity index (χ0) is 11.3. The van der Waals surface area contributed by atoms with Crippen LogP contribution in [0.25, 0.3) is 0 Å². The molecule has 1 aromatic heterocycles. The van der Waals surface area contributed by atoms with Crippen LogP contribution in [0.15, 0.2) is 16.7 Å². The van der Waals surface area contributed by atoms with E-state index in [0.717, 1.165) is 0 Å². The van der Waals surface area contributed by atoms with Crippen molar-refractivity contribution in [2.75, 3.05) is 13.6 Å². The first-order valence-electron chi connectivity index (χ1n) is 4.74. The van der Waals surface area contributed by atoms with E-state index in [0.29, 0.717) is 24.8 Å². The first-order chi connectivity index (χ1) is 7.20. The Balaban J connectivity index is 2.66. The molecule has 0 spiro atoms. The number of hydrogen-bond donors (Lipinski definition) is 3. The van der Waals surface area contributed by atoms with Crippen molar-refractivity contribution < 1.29 is 19.4 Å². The van der Waals surface area contributed by atoms with Crippen molar-refractivity contribution in [1.29, 1.82) is 0 Å². The van der Waals surface area contributed by atoms with Crippen LogP contribution < -0.4 is 5.32 Å². The van der Waals surface area contributed by atoms with Crippen LogP contribution in [0.3, 0.4) is 0 Å². The van der Waals surface area contributed by atoms with Crippen molar-refractivity contribution in [3.63, 3.8) is 0 Å². The summed E-state index contributed by atoms with van der Waals surface area (Å²) in [5.41, 5.74) is 0.327. The van der Waals surface area contributed by atoms with Gasteiger partial charge in [-0.1, -0.05) is 0 Å². The third-order valence-electron chi connectivity index (χ3n) is 2.21. The van der Waals surface area contributed by atoms with E-state index in [1.165, 1.54) is 12.3 Å². The molecule has 0 fully saturated rings. The zero-order valence-corrected chi connectivity index (χ0v) is 8.51. The first-order valence-corrected chi connectivity index (χ1v) is 4.74. The van der Waals surface area contributed by atoms with E-state index in [4.69, 9.17) is 4.42 Å². The van der Waals surface area contributed by atoms with Crippen molar-refractivity contribution in [3.05, 3.63) is 23.7 Å². The van der Waals surface area contributed by atoms with Crippen LogP contribution in [-0.4, -0.2) is 36.2 Å². The highest BCUT2D eigenvalue weighted by Gasteiger charge is 2.22. The Morgan fingerprint density at radius 3 is 2.93 bits per heavy atom. The van der Waals surface area contributed by atoms with E-state index in [1.807, 2.05) is 0 Å². The molecule has 0 bridgehead atoms. The molecule has 2 unspecified atom stereocenters. The molecule has 2 atom stereocenters. The van der Waals surface area contributed by atoms with Gasteiger partial charge in [0.2, 0.25) is 0 Å². The van der Waals surface area contributed by atoms with Gasteiger partial charge in [-0.15, -0.1) is 0 Å². The summed E-state index contributed by atoms with van der Waals surface area (Å²) < 4.78 is 4.83. The lowest BCUT2D eigenvalue weighted by atomic mass is 10.0. The van der Waals surface area contributed by atoms with Crippen molar-refractivity contribution in [3.8, 4) is 0 Å². The number of aliphatic hydroxyl groups is 2. The van der Waals surface area contributed by atoms with E-state index in [1.54, 1.807) is 7.05 Å². The van der Waals surface area contributed by atoms with Crippen molar-refractivity contribution >= 4 is 6.29 Å². The van der Waals surface area contributed by atoms with E-state index in [9.17, 15) is 15.0 Å². The Morgan fingerprint density at radius 2 is 2.33 bits per heavy atom. The molecule has 5 heteroatoms. The Labute approximate surface area is 87.7 Å². The van der Waals surface area contributed by atoms with Crippen LogP contribution in [0.5, 0.6) is 0 Å². The quantitative estimate of drug-likeness (QED) is 0.584. The predicted molar refractivity (Wildman–Crippen MR) is 53.6 cm³/mol.